The zero-order chi connectivity index (χ0) is 16.6. The Hall–Kier alpha value is -1.08. The lowest BCUT2D eigenvalue weighted by molar-refractivity contribution is 0.575. The SMILES string of the molecule is Cl.NC(Cc1cc(F)cc(F)c1)c1nc(Br)c2ccccc2c1Br. The number of hydrogen-bond donors (Lipinski definition) is 1. The predicted octanol–water partition coefficient (Wildman–Crippen LogP) is 5.70. The number of nitrogens with zero attached hydrogens (tertiary/aromatic N) is 1. The number of pyridine rings is 1. The van der Waals surface area contributed by atoms with Gasteiger partial charge in [-0.1, -0.05) is 24.3 Å². The summed E-state index contributed by atoms with van der Waals surface area (Å²) in [4.78, 5) is 4.50. The number of halogens is 5. The van der Waals surface area contributed by atoms with E-state index in [2.05, 4.69) is 36.8 Å². The Morgan fingerprint density at radius 1 is 1.00 bits per heavy atom. The van der Waals surface area contributed by atoms with Crippen molar-refractivity contribution in [3.8, 4) is 0 Å². The van der Waals surface area contributed by atoms with Crippen molar-refractivity contribution in [2.75, 3.05) is 0 Å². The molecule has 2 N–H and O–H groups in total. The third-order valence-electron chi connectivity index (χ3n) is 3.56. The van der Waals surface area contributed by atoms with Crippen molar-refractivity contribution in [1.82, 2.24) is 4.98 Å². The van der Waals surface area contributed by atoms with Gasteiger partial charge in [0.15, 0.2) is 0 Å². The minimum Gasteiger partial charge on any atom is -0.322 e. The summed E-state index contributed by atoms with van der Waals surface area (Å²) in [5, 5.41) is 1.94. The van der Waals surface area contributed by atoms with Crippen LogP contribution in [0.2, 0.25) is 0 Å². The molecule has 0 spiro atoms. The van der Waals surface area contributed by atoms with E-state index in [4.69, 9.17) is 5.73 Å². The van der Waals surface area contributed by atoms with E-state index in [1.807, 2.05) is 24.3 Å². The average Bonchev–Trinajstić information content (AvgIpc) is 2.50. The van der Waals surface area contributed by atoms with Gasteiger partial charge in [-0.15, -0.1) is 12.4 Å². The first-order valence-corrected chi connectivity index (χ1v) is 8.48. The molecule has 1 aromatic heterocycles. The first kappa shape index (κ1) is 19.2. The van der Waals surface area contributed by atoms with Gasteiger partial charge in [0.1, 0.15) is 16.2 Å². The van der Waals surface area contributed by atoms with Crippen LogP contribution in [0.15, 0.2) is 51.5 Å². The Morgan fingerprint density at radius 3 is 2.21 bits per heavy atom. The molecule has 0 aliphatic heterocycles. The smallest absolute Gasteiger partial charge is 0.126 e. The summed E-state index contributed by atoms with van der Waals surface area (Å²) in [6, 6.07) is 10.7. The number of fused-ring (bicyclic) bond motifs is 1. The van der Waals surface area contributed by atoms with Gasteiger partial charge in [0.2, 0.25) is 0 Å². The van der Waals surface area contributed by atoms with Gasteiger partial charge in [0, 0.05) is 21.3 Å². The second kappa shape index (κ2) is 7.87. The van der Waals surface area contributed by atoms with Gasteiger partial charge in [-0.25, -0.2) is 13.8 Å². The molecule has 0 aliphatic carbocycles. The summed E-state index contributed by atoms with van der Waals surface area (Å²) >= 11 is 7.00. The second-order valence-corrected chi connectivity index (χ2v) is 6.78. The highest BCUT2D eigenvalue weighted by Gasteiger charge is 2.17. The summed E-state index contributed by atoms with van der Waals surface area (Å²) in [5.74, 6) is -1.22. The van der Waals surface area contributed by atoms with Gasteiger partial charge in [0.05, 0.1) is 11.7 Å². The molecule has 1 unspecified atom stereocenters. The first-order chi connectivity index (χ1) is 11.0. The lowest BCUT2D eigenvalue weighted by atomic mass is 10.0. The van der Waals surface area contributed by atoms with Crippen LogP contribution in [0.1, 0.15) is 17.3 Å². The van der Waals surface area contributed by atoms with Gasteiger partial charge in [-0.05, 0) is 56.0 Å². The third-order valence-corrected chi connectivity index (χ3v) is 5.00. The Bertz CT molecular complexity index is 870. The summed E-state index contributed by atoms with van der Waals surface area (Å²) in [6.07, 6.45) is 0.283. The van der Waals surface area contributed by atoms with E-state index >= 15 is 0 Å². The van der Waals surface area contributed by atoms with Crippen LogP contribution in [0.3, 0.4) is 0 Å². The lowest BCUT2D eigenvalue weighted by Gasteiger charge is -2.16. The largest absolute Gasteiger partial charge is 0.322 e. The van der Waals surface area contributed by atoms with Crippen LogP contribution in [0, 0.1) is 11.6 Å². The van der Waals surface area contributed by atoms with Crippen molar-refractivity contribution < 1.29 is 8.78 Å². The molecule has 3 aromatic rings. The van der Waals surface area contributed by atoms with Crippen LogP contribution < -0.4 is 5.73 Å². The lowest BCUT2D eigenvalue weighted by Crippen LogP contribution is -2.16. The van der Waals surface area contributed by atoms with Crippen molar-refractivity contribution in [2.24, 2.45) is 5.73 Å². The Balaban J connectivity index is 0.00000208. The van der Waals surface area contributed by atoms with Crippen LogP contribution >= 0.6 is 44.3 Å². The van der Waals surface area contributed by atoms with Crippen molar-refractivity contribution in [2.45, 2.75) is 12.5 Å². The minimum atomic E-state index is -0.612. The van der Waals surface area contributed by atoms with Crippen molar-refractivity contribution in [1.29, 1.82) is 0 Å². The molecular weight excluding hydrogens is 465 g/mol. The molecule has 0 saturated carbocycles. The van der Waals surface area contributed by atoms with E-state index in [1.54, 1.807) is 0 Å². The van der Waals surface area contributed by atoms with Crippen molar-refractivity contribution in [3.63, 3.8) is 0 Å². The second-order valence-electron chi connectivity index (χ2n) is 5.24. The summed E-state index contributed by atoms with van der Waals surface area (Å²) in [5.41, 5.74) is 7.36. The fourth-order valence-electron chi connectivity index (χ4n) is 2.53. The monoisotopic (exact) mass is 476 g/mol. The molecule has 0 radical (unpaired) electrons. The molecular formula is C17H13Br2ClF2N2. The maximum atomic E-state index is 13.3. The van der Waals surface area contributed by atoms with E-state index in [-0.39, 0.29) is 18.8 Å². The van der Waals surface area contributed by atoms with E-state index in [0.29, 0.717) is 15.9 Å². The molecule has 7 heteroatoms. The number of hydrogen-bond acceptors (Lipinski definition) is 2. The molecule has 24 heavy (non-hydrogen) atoms. The Kier molecular flexibility index (Phi) is 6.31. The van der Waals surface area contributed by atoms with Crippen molar-refractivity contribution in [3.05, 3.63) is 74.4 Å². The standard InChI is InChI=1S/C17H12Br2F2N2.ClH/c18-15-12-3-1-2-4-13(12)17(19)23-16(15)14(22)7-9-5-10(20)8-11(21)6-9;/h1-6,8,14H,7,22H2;1H. The van der Waals surface area contributed by atoms with Crippen LogP contribution in [-0.4, -0.2) is 4.98 Å². The van der Waals surface area contributed by atoms with Crippen LogP contribution in [-0.2, 0) is 6.42 Å². The molecule has 1 atom stereocenters. The van der Waals surface area contributed by atoms with Gasteiger partial charge in [-0.3, -0.25) is 0 Å². The zero-order valence-electron chi connectivity index (χ0n) is 12.3. The minimum absolute atomic E-state index is 0. The van der Waals surface area contributed by atoms with E-state index in [1.165, 1.54) is 12.1 Å². The fourth-order valence-corrected chi connectivity index (χ4v) is 3.80. The van der Waals surface area contributed by atoms with E-state index in [9.17, 15) is 8.78 Å². The number of aromatic nitrogens is 1. The fraction of sp³-hybridized carbons (Fsp3) is 0.118. The maximum Gasteiger partial charge on any atom is 0.126 e. The number of benzene rings is 2. The highest BCUT2D eigenvalue weighted by molar-refractivity contribution is 9.11. The molecule has 0 bridgehead atoms. The molecule has 3 rings (SSSR count). The van der Waals surface area contributed by atoms with Crippen LogP contribution in [0.5, 0.6) is 0 Å². The molecule has 0 amide bonds. The molecule has 2 nitrogen and oxygen atoms in total. The quantitative estimate of drug-likeness (QED) is 0.491. The predicted molar refractivity (Wildman–Crippen MR) is 101 cm³/mol. The number of nitrogens with two attached hydrogens (primary N) is 1. The Morgan fingerprint density at radius 2 is 1.58 bits per heavy atom. The topological polar surface area (TPSA) is 38.9 Å². The normalized spacial score (nSPS) is 12.0. The van der Waals surface area contributed by atoms with E-state index < -0.39 is 17.7 Å². The first-order valence-electron chi connectivity index (χ1n) is 6.90. The molecule has 0 aliphatic rings. The van der Waals surface area contributed by atoms with Crippen LogP contribution in [0.4, 0.5) is 8.78 Å². The van der Waals surface area contributed by atoms with E-state index in [0.717, 1.165) is 21.3 Å². The molecule has 126 valence electrons. The van der Waals surface area contributed by atoms with Gasteiger partial charge >= 0.3 is 0 Å². The Labute approximate surface area is 161 Å². The molecule has 2 aromatic carbocycles. The average molecular weight is 479 g/mol. The highest BCUT2D eigenvalue weighted by Crippen LogP contribution is 2.34. The van der Waals surface area contributed by atoms with Gasteiger partial charge in [0.25, 0.3) is 0 Å². The molecule has 1 heterocycles. The summed E-state index contributed by atoms with van der Waals surface area (Å²) < 4.78 is 28.1. The third kappa shape index (κ3) is 3.94. The maximum absolute atomic E-state index is 13.3. The van der Waals surface area contributed by atoms with Gasteiger partial charge in [-0.2, -0.15) is 0 Å². The summed E-state index contributed by atoms with van der Waals surface area (Å²) in [7, 11) is 0. The number of rotatable bonds is 3. The van der Waals surface area contributed by atoms with Crippen LogP contribution in [0.25, 0.3) is 10.8 Å². The zero-order valence-corrected chi connectivity index (χ0v) is 16.3. The van der Waals surface area contributed by atoms with Crippen molar-refractivity contribution >= 4 is 55.0 Å². The summed E-state index contributed by atoms with van der Waals surface area (Å²) in [6.45, 7) is 0. The highest BCUT2D eigenvalue weighted by atomic mass is 79.9. The molecule has 0 fully saturated rings. The molecule has 0 saturated heterocycles. The van der Waals surface area contributed by atoms with Gasteiger partial charge < -0.3 is 5.73 Å².